The SMILES string of the molecule is CSC(C)(C)CNc1c(N)n(C)c(=O)[nH]c1=O. The molecule has 0 aliphatic heterocycles. The third kappa shape index (κ3) is 3.06. The van der Waals surface area contributed by atoms with Crippen LogP contribution in [0.25, 0.3) is 0 Å². The molecule has 0 unspecified atom stereocenters. The van der Waals surface area contributed by atoms with Crippen molar-refractivity contribution in [1.29, 1.82) is 0 Å². The van der Waals surface area contributed by atoms with Gasteiger partial charge in [-0.1, -0.05) is 0 Å². The summed E-state index contributed by atoms with van der Waals surface area (Å²) >= 11 is 1.68. The first-order valence-corrected chi connectivity index (χ1v) is 6.39. The van der Waals surface area contributed by atoms with Gasteiger partial charge in [-0.25, -0.2) is 4.79 Å². The molecule has 0 saturated carbocycles. The molecule has 0 bridgehead atoms. The van der Waals surface area contributed by atoms with Crippen molar-refractivity contribution in [2.45, 2.75) is 18.6 Å². The number of anilines is 2. The van der Waals surface area contributed by atoms with Crippen LogP contribution in [0.1, 0.15) is 13.8 Å². The number of nitrogens with one attached hydrogen (secondary N) is 2. The summed E-state index contributed by atoms with van der Waals surface area (Å²) in [7, 11) is 1.51. The highest BCUT2D eigenvalue weighted by Gasteiger charge is 2.18. The number of H-pyrrole nitrogens is 1. The van der Waals surface area contributed by atoms with E-state index in [9.17, 15) is 9.59 Å². The highest BCUT2D eigenvalue weighted by Crippen LogP contribution is 2.21. The van der Waals surface area contributed by atoms with Crippen molar-refractivity contribution in [3.8, 4) is 0 Å². The van der Waals surface area contributed by atoms with Crippen LogP contribution >= 0.6 is 11.8 Å². The van der Waals surface area contributed by atoms with Crippen molar-refractivity contribution in [3.63, 3.8) is 0 Å². The summed E-state index contributed by atoms with van der Waals surface area (Å²) in [5.41, 5.74) is 4.98. The Morgan fingerprint density at radius 1 is 1.47 bits per heavy atom. The minimum atomic E-state index is -0.512. The molecule has 6 nitrogen and oxygen atoms in total. The maximum absolute atomic E-state index is 11.6. The van der Waals surface area contributed by atoms with Crippen molar-refractivity contribution < 1.29 is 0 Å². The molecule has 0 aliphatic rings. The first kappa shape index (κ1) is 13.7. The second kappa shape index (κ2) is 4.87. The van der Waals surface area contributed by atoms with Crippen LogP contribution in [0.4, 0.5) is 11.5 Å². The third-order valence-corrected chi connectivity index (χ3v) is 3.86. The van der Waals surface area contributed by atoms with Gasteiger partial charge in [-0.15, -0.1) is 0 Å². The highest BCUT2D eigenvalue weighted by molar-refractivity contribution is 7.99. The van der Waals surface area contributed by atoms with Crippen LogP contribution < -0.4 is 22.3 Å². The standard InChI is InChI=1S/C10H18N4O2S/c1-10(2,17-4)5-12-6-7(11)14(3)9(16)13-8(6)15/h12H,5,11H2,1-4H3,(H,13,15,16). The Bertz CT molecular complexity index is 518. The number of nitrogens with two attached hydrogens (primary N) is 1. The van der Waals surface area contributed by atoms with Gasteiger partial charge < -0.3 is 11.1 Å². The Kier molecular flexibility index (Phi) is 3.92. The van der Waals surface area contributed by atoms with Crippen LogP contribution in [-0.2, 0) is 7.05 Å². The summed E-state index contributed by atoms with van der Waals surface area (Å²) in [6.07, 6.45) is 2.00. The zero-order chi connectivity index (χ0) is 13.2. The fraction of sp³-hybridized carbons (Fsp3) is 0.600. The molecule has 0 aromatic carbocycles. The van der Waals surface area contributed by atoms with Crippen molar-refractivity contribution in [2.24, 2.45) is 7.05 Å². The fourth-order valence-electron chi connectivity index (χ4n) is 1.18. The van der Waals surface area contributed by atoms with E-state index in [1.165, 1.54) is 11.6 Å². The van der Waals surface area contributed by atoms with Gasteiger partial charge in [-0.05, 0) is 20.1 Å². The van der Waals surface area contributed by atoms with E-state index in [1.807, 2.05) is 6.26 Å². The number of aromatic amines is 1. The topological polar surface area (TPSA) is 92.9 Å². The molecule has 4 N–H and O–H groups in total. The lowest BCUT2D eigenvalue weighted by Gasteiger charge is -2.23. The molecule has 96 valence electrons. The average molecular weight is 258 g/mol. The van der Waals surface area contributed by atoms with E-state index in [1.54, 1.807) is 11.8 Å². The minimum absolute atomic E-state index is 0.0203. The lowest BCUT2D eigenvalue weighted by Crippen LogP contribution is -2.35. The molecule has 0 atom stereocenters. The maximum Gasteiger partial charge on any atom is 0.329 e. The number of hydrogen-bond donors (Lipinski definition) is 3. The van der Waals surface area contributed by atoms with Crippen molar-refractivity contribution >= 4 is 23.3 Å². The maximum atomic E-state index is 11.6. The Balaban J connectivity index is 3.05. The molecule has 0 spiro atoms. The number of rotatable bonds is 4. The highest BCUT2D eigenvalue weighted by atomic mass is 32.2. The van der Waals surface area contributed by atoms with E-state index in [4.69, 9.17) is 5.73 Å². The lowest BCUT2D eigenvalue weighted by molar-refractivity contribution is 0.746. The normalized spacial score (nSPS) is 11.5. The molecular formula is C10H18N4O2S. The van der Waals surface area contributed by atoms with Gasteiger partial charge in [0.05, 0.1) is 0 Å². The molecule has 1 heterocycles. The van der Waals surface area contributed by atoms with Crippen LogP contribution in [0.2, 0.25) is 0 Å². The van der Waals surface area contributed by atoms with E-state index in [-0.39, 0.29) is 16.3 Å². The van der Waals surface area contributed by atoms with Gasteiger partial charge in [0, 0.05) is 18.3 Å². The minimum Gasteiger partial charge on any atom is -0.383 e. The van der Waals surface area contributed by atoms with E-state index in [0.29, 0.717) is 6.54 Å². The molecule has 1 aromatic rings. The fourth-order valence-corrected chi connectivity index (χ4v) is 1.40. The molecule has 0 amide bonds. The summed E-state index contributed by atoms with van der Waals surface area (Å²) in [6.45, 7) is 4.69. The third-order valence-electron chi connectivity index (χ3n) is 2.61. The Morgan fingerprint density at radius 3 is 2.59 bits per heavy atom. The summed E-state index contributed by atoms with van der Waals surface area (Å²) in [6, 6.07) is 0. The van der Waals surface area contributed by atoms with Gasteiger partial charge in [0.25, 0.3) is 5.56 Å². The molecule has 1 aromatic heterocycles. The second-order valence-corrected chi connectivity index (χ2v) is 5.91. The van der Waals surface area contributed by atoms with Crippen LogP contribution in [0.15, 0.2) is 9.59 Å². The Hall–Kier alpha value is -1.37. The van der Waals surface area contributed by atoms with Gasteiger partial charge >= 0.3 is 5.69 Å². The largest absolute Gasteiger partial charge is 0.383 e. The van der Waals surface area contributed by atoms with Crippen molar-refractivity contribution in [3.05, 3.63) is 20.8 Å². The number of hydrogen-bond acceptors (Lipinski definition) is 5. The number of nitrogens with zero attached hydrogens (tertiary/aromatic N) is 1. The molecule has 0 aliphatic carbocycles. The quantitative estimate of drug-likeness (QED) is 0.718. The molecule has 17 heavy (non-hydrogen) atoms. The first-order valence-electron chi connectivity index (χ1n) is 5.16. The molecular weight excluding hydrogens is 240 g/mol. The summed E-state index contributed by atoms with van der Waals surface area (Å²) in [5.74, 6) is 0.149. The van der Waals surface area contributed by atoms with Gasteiger partial charge in [0.1, 0.15) is 11.5 Å². The van der Waals surface area contributed by atoms with Crippen molar-refractivity contribution in [1.82, 2.24) is 9.55 Å². The van der Waals surface area contributed by atoms with Gasteiger partial charge in [0.15, 0.2) is 0 Å². The Morgan fingerprint density at radius 2 is 2.06 bits per heavy atom. The summed E-state index contributed by atoms with van der Waals surface area (Å²) < 4.78 is 1.18. The van der Waals surface area contributed by atoms with Crippen molar-refractivity contribution in [2.75, 3.05) is 23.9 Å². The van der Waals surface area contributed by atoms with Crippen LogP contribution in [0, 0.1) is 0 Å². The average Bonchev–Trinajstić information content (AvgIpc) is 2.26. The van der Waals surface area contributed by atoms with Gasteiger partial charge in [-0.2, -0.15) is 11.8 Å². The van der Waals surface area contributed by atoms with Gasteiger partial charge in [0.2, 0.25) is 0 Å². The van der Waals surface area contributed by atoms with Gasteiger partial charge in [-0.3, -0.25) is 14.3 Å². The first-order chi connectivity index (χ1) is 7.78. The zero-order valence-electron chi connectivity index (χ0n) is 10.5. The second-order valence-electron chi connectivity index (χ2n) is 4.40. The molecule has 7 heteroatoms. The predicted octanol–water partition coefficient (Wildman–Crippen LogP) is 0.209. The van der Waals surface area contributed by atoms with E-state index in [0.717, 1.165) is 0 Å². The molecule has 0 saturated heterocycles. The molecule has 0 fully saturated rings. The monoisotopic (exact) mass is 258 g/mol. The number of thioether (sulfide) groups is 1. The Labute approximate surface area is 104 Å². The molecule has 0 radical (unpaired) electrons. The van der Waals surface area contributed by atoms with Crippen LogP contribution in [-0.4, -0.2) is 27.1 Å². The van der Waals surface area contributed by atoms with Crippen LogP contribution in [0.5, 0.6) is 0 Å². The van der Waals surface area contributed by atoms with E-state index < -0.39 is 11.2 Å². The summed E-state index contributed by atoms with van der Waals surface area (Å²) in [4.78, 5) is 25.1. The summed E-state index contributed by atoms with van der Waals surface area (Å²) in [5, 5.41) is 2.99. The lowest BCUT2D eigenvalue weighted by atomic mass is 10.2. The molecule has 1 rings (SSSR count). The zero-order valence-corrected chi connectivity index (χ0v) is 11.3. The number of aromatic nitrogens is 2. The number of nitrogen functional groups attached to an aromatic ring is 1. The van der Waals surface area contributed by atoms with E-state index in [2.05, 4.69) is 24.1 Å². The smallest absolute Gasteiger partial charge is 0.329 e. The predicted molar refractivity (Wildman–Crippen MR) is 72.8 cm³/mol. The van der Waals surface area contributed by atoms with E-state index >= 15 is 0 Å². The van der Waals surface area contributed by atoms with Crippen LogP contribution in [0.3, 0.4) is 0 Å².